The zero-order valence-corrected chi connectivity index (χ0v) is 13.3. The summed E-state index contributed by atoms with van der Waals surface area (Å²) in [5, 5.41) is 3.35. The Labute approximate surface area is 128 Å². The molecule has 1 aliphatic heterocycles. The molecule has 4 heteroatoms. The molecule has 1 N–H and O–H groups in total. The van der Waals surface area contributed by atoms with Crippen molar-refractivity contribution >= 4 is 12.4 Å². The Morgan fingerprint density at radius 2 is 1.65 bits per heavy atom. The van der Waals surface area contributed by atoms with E-state index in [-0.39, 0.29) is 25.1 Å². The normalized spacial score (nSPS) is 17.8. The summed E-state index contributed by atoms with van der Waals surface area (Å²) in [7, 11) is 0. The van der Waals surface area contributed by atoms with Crippen molar-refractivity contribution in [2.75, 3.05) is 32.9 Å². The lowest BCUT2D eigenvalue weighted by Crippen LogP contribution is -2.45. The van der Waals surface area contributed by atoms with Crippen LogP contribution in [-0.2, 0) is 0 Å². The number of benzene rings is 1. The molecule has 1 saturated heterocycles. The Kier molecular flexibility index (Phi) is 7.49. The first-order chi connectivity index (χ1) is 9.22. The minimum absolute atomic E-state index is 0. The highest BCUT2D eigenvalue weighted by Crippen LogP contribution is 2.26. The van der Waals surface area contributed by atoms with Crippen molar-refractivity contribution in [2.45, 2.75) is 32.2 Å². The van der Waals surface area contributed by atoms with Crippen molar-refractivity contribution in [3.05, 3.63) is 35.4 Å². The maximum atomic E-state index is 12.8. The highest BCUT2D eigenvalue weighted by Gasteiger charge is 2.21. The van der Waals surface area contributed by atoms with Gasteiger partial charge in [0.2, 0.25) is 0 Å². The maximum Gasteiger partial charge on any atom is 0.0912 e. The second kappa shape index (κ2) is 8.60. The van der Waals surface area contributed by atoms with E-state index in [1.807, 2.05) is 0 Å². The summed E-state index contributed by atoms with van der Waals surface area (Å²) in [5.41, 5.74) is 2.60. The van der Waals surface area contributed by atoms with Gasteiger partial charge in [0.25, 0.3) is 0 Å². The van der Waals surface area contributed by atoms with E-state index < -0.39 is 0 Å². The molecule has 1 atom stereocenters. The van der Waals surface area contributed by atoms with E-state index >= 15 is 0 Å². The molecule has 2 rings (SSSR count). The third kappa shape index (κ3) is 4.44. The molecule has 114 valence electrons. The van der Waals surface area contributed by atoms with Crippen LogP contribution < -0.4 is 5.32 Å². The standard InChI is InChI=1S/C16H25FN2.ClH/c1-13(2)14-3-5-15(6-4-14)16(7-8-17)19-11-9-18-10-12-19;/h3-6,13,16,18H,7-12H2,1-2H3;1H/t16-;/m0./s1. The van der Waals surface area contributed by atoms with Gasteiger partial charge in [0.15, 0.2) is 0 Å². The zero-order valence-electron chi connectivity index (χ0n) is 12.4. The molecule has 1 fully saturated rings. The summed E-state index contributed by atoms with van der Waals surface area (Å²) in [6.45, 7) is 8.18. The van der Waals surface area contributed by atoms with E-state index in [1.165, 1.54) is 11.1 Å². The fraction of sp³-hybridized carbons (Fsp3) is 0.625. The smallest absolute Gasteiger partial charge is 0.0912 e. The van der Waals surface area contributed by atoms with Crippen molar-refractivity contribution in [3.8, 4) is 0 Å². The van der Waals surface area contributed by atoms with Gasteiger partial charge in [-0.3, -0.25) is 9.29 Å². The van der Waals surface area contributed by atoms with Gasteiger partial charge in [-0.05, 0) is 23.5 Å². The first-order valence-corrected chi connectivity index (χ1v) is 7.33. The van der Waals surface area contributed by atoms with Gasteiger partial charge in [-0.15, -0.1) is 12.4 Å². The number of halogens is 2. The van der Waals surface area contributed by atoms with Gasteiger partial charge >= 0.3 is 0 Å². The molecule has 1 aliphatic rings. The topological polar surface area (TPSA) is 15.3 Å². The Morgan fingerprint density at radius 1 is 1.10 bits per heavy atom. The van der Waals surface area contributed by atoms with Crippen molar-refractivity contribution in [3.63, 3.8) is 0 Å². The SMILES string of the molecule is CC(C)c1ccc([C@H](CCF)N2CCNCC2)cc1.Cl. The summed E-state index contributed by atoms with van der Waals surface area (Å²) in [6.07, 6.45) is 0.598. The molecule has 0 unspecified atom stereocenters. The second-order valence-corrected chi connectivity index (χ2v) is 5.60. The summed E-state index contributed by atoms with van der Waals surface area (Å²) >= 11 is 0. The molecule has 20 heavy (non-hydrogen) atoms. The van der Waals surface area contributed by atoms with Crippen LogP contribution in [0.15, 0.2) is 24.3 Å². The predicted octanol–water partition coefficient (Wildman–Crippen LogP) is 3.54. The molecular formula is C16H26ClFN2. The molecule has 2 nitrogen and oxygen atoms in total. The van der Waals surface area contributed by atoms with Crippen molar-refractivity contribution in [2.24, 2.45) is 0 Å². The minimum Gasteiger partial charge on any atom is -0.314 e. The summed E-state index contributed by atoms with van der Waals surface area (Å²) in [5.74, 6) is 0.549. The van der Waals surface area contributed by atoms with Gasteiger partial charge in [0.05, 0.1) is 6.67 Å². The van der Waals surface area contributed by atoms with Crippen LogP contribution in [0.4, 0.5) is 4.39 Å². The van der Waals surface area contributed by atoms with Crippen molar-refractivity contribution in [1.29, 1.82) is 0 Å². The summed E-state index contributed by atoms with van der Waals surface area (Å²) in [6, 6.07) is 8.96. The van der Waals surface area contributed by atoms with Crippen molar-refractivity contribution in [1.82, 2.24) is 10.2 Å². The lowest BCUT2D eigenvalue weighted by molar-refractivity contribution is 0.157. The van der Waals surface area contributed by atoms with Crippen LogP contribution in [-0.4, -0.2) is 37.8 Å². The third-order valence-corrected chi connectivity index (χ3v) is 3.96. The molecular weight excluding hydrogens is 275 g/mol. The molecule has 1 aromatic carbocycles. The van der Waals surface area contributed by atoms with Gasteiger partial charge < -0.3 is 5.32 Å². The van der Waals surface area contributed by atoms with E-state index in [1.54, 1.807) is 0 Å². The average molecular weight is 301 g/mol. The molecule has 1 heterocycles. The number of piperazine rings is 1. The van der Waals surface area contributed by atoms with Crippen molar-refractivity contribution < 1.29 is 4.39 Å². The van der Waals surface area contributed by atoms with Crippen LogP contribution >= 0.6 is 12.4 Å². The Balaban J connectivity index is 0.00000200. The first-order valence-electron chi connectivity index (χ1n) is 7.33. The predicted molar refractivity (Wildman–Crippen MR) is 85.6 cm³/mol. The van der Waals surface area contributed by atoms with Gasteiger partial charge in [-0.1, -0.05) is 38.1 Å². The van der Waals surface area contributed by atoms with Crippen LogP contribution in [0.5, 0.6) is 0 Å². The van der Waals surface area contributed by atoms with Crippen LogP contribution in [0, 0.1) is 0 Å². The molecule has 0 spiro atoms. The Hall–Kier alpha value is -0.640. The lowest BCUT2D eigenvalue weighted by atomic mass is 9.97. The van der Waals surface area contributed by atoms with E-state index in [0.717, 1.165) is 26.2 Å². The quantitative estimate of drug-likeness (QED) is 0.895. The fourth-order valence-electron chi connectivity index (χ4n) is 2.76. The molecule has 0 radical (unpaired) electrons. The Morgan fingerprint density at radius 3 is 2.15 bits per heavy atom. The van der Waals surface area contributed by atoms with E-state index in [4.69, 9.17) is 0 Å². The van der Waals surface area contributed by atoms with Crippen LogP contribution in [0.1, 0.15) is 43.4 Å². The number of nitrogens with one attached hydrogen (secondary N) is 1. The number of rotatable bonds is 5. The number of hydrogen-bond donors (Lipinski definition) is 1. The summed E-state index contributed by atoms with van der Waals surface area (Å²) in [4.78, 5) is 2.40. The highest BCUT2D eigenvalue weighted by atomic mass is 35.5. The minimum atomic E-state index is -0.249. The third-order valence-electron chi connectivity index (χ3n) is 3.96. The van der Waals surface area contributed by atoms with Gasteiger partial charge in [0.1, 0.15) is 0 Å². The second-order valence-electron chi connectivity index (χ2n) is 5.60. The van der Waals surface area contributed by atoms with Crippen LogP contribution in [0.3, 0.4) is 0 Å². The van der Waals surface area contributed by atoms with Gasteiger partial charge in [-0.2, -0.15) is 0 Å². The van der Waals surface area contributed by atoms with E-state index in [9.17, 15) is 4.39 Å². The number of nitrogens with zero attached hydrogens (tertiary/aromatic N) is 1. The van der Waals surface area contributed by atoms with Gasteiger partial charge in [-0.25, -0.2) is 0 Å². The average Bonchev–Trinajstić information content (AvgIpc) is 2.46. The molecule has 0 bridgehead atoms. The van der Waals surface area contributed by atoms with E-state index in [2.05, 4.69) is 48.3 Å². The molecule has 0 aromatic heterocycles. The number of alkyl halides is 1. The largest absolute Gasteiger partial charge is 0.314 e. The molecule has 0 amide bonds. The lowest BCUT2D eigenvalue weighted by Gasteiger charge is -2.35. The first kappa shape index (κ1) is 17.4. The Bertz CT molecular complexity index is 375. The van der Waals surface area contributed by atoms with E-state index in [0.29, 0.717) is 12.3 Å². The summed E-state index contributed by atoms with van der Waals surface area (Å²) < 4.78 is 12.8. The zero-order chi connectivity index (χ0) is 13.7. The highest BCUT2D eigenvalue weighted by molar-refractivity contribution is 5.85. The monoisotopic (exact) mass is 300 g/mol. The maximum absolute atomic E-state index is 12.8. The molecule has 0 saturated carbocycles. The number of hydrogen-bond acceptors (Lipinski definition) is 2. The fourth-order valence-corrected chi connectivity index (χ4v) is 2.76. The van der Waals surface area contributed by atoms with Gasteiger partial charge in [0, 0.05) is 32.2 Å². The van der Waals surface area contributed by atoms with Crippen LogP contribution in [0.2, 0.25) is 0 Å². The molecule has 0 aliphatic carbocycles. The van der Waals surface area contributed by atoms with Crippen LogP contribution in [0.25, 0.3) is 0 Å². The molecule has 1 aromatic rings.